The Morgan fingerprint density at radius 2 is 1.72 bits per heavy atom. The fourth-order valence-electron chi connectivity index (χ4n) is 3.64. The lowest BCUT2D eigenvalue weighted by molar-refractivity contribution is -0.146. The highest BCUT2D eigenvalue weighted by atomic mass is 16.5. The molecule has 0 saturated carbocycles. The number of H-pyrrole nitrogens is 1. The molecular weight excluding hydrogens is 466 g/mol. The van der Waals surface area contributed by atoms with Crippen molar-refractivity contribution in [2.75, 3.05) is 31.3 Å². The minimum absolute atomic E-state index is 0.00928. The van der Waals surface area contributed by atoms with E-state index in [2.05, 4.69) is 20.6 Å². The fraction of sp³-hybridized carbons (Fsp3) is 0.480. The van der Waals surface area contributed by atoms with E-state index in [0.717, 1.165) is 24.8 Å². The minimum Gasteiger partial charge on any atom is -0.466 e. The van der Waals surface area contributed by atoms with Crippen molar-refractivity contribution in [1.29, 1.82) is 0 Å². The van der Waals surface area contributed by atoms with E-state index >= 15 is 0 Å². The van der Waals surface area contributed by atoms with Crippen LogP contribution in [0, 0.1) is 0 Å². The number of carbonyl (C=O) groups is 3. The molecule has 0 aliphatic carbocycles. The maximum absolute atomic E-state index is 12.7. The number of hydrogen-bond acceptors (Lipinski definition) is 9. The van der Waals surface area contributed by atoms with Crippen LogP contribution < -0.4 is 21.9 Å². The lowest BCUT2D eigenvalue weighted by Crippen LogP contribution is -2.42. The molecule has 0 radical (unpaired) electrons. The minimum atomic E-state index is -0.949. The summed E-state index contributed by atoms with van der Waals surface area (Å²) < 4.78 is 9.92. The molecule has 196 valence electrons. The predicted molar refractivity (Wildman–Crippen MR) is 136 cm³/mol. The molecule has 0 aliphatic heterocycles. The van der Waals surface area contributed by atoms with Crippen molar-refractivity contribution in [1.82, 2.24) is 15.3 Å². The molecule has 11 heteroatoms. The largest absolute Gasteiger partial charge is 0.466 e. The van der Waals surface area contributed by atoms with Gasteiger partial charge in [0.2, 0.25) is 5.95 Å². The number of esters is 2. The average Bonchev–Trinajstić information content (AvgIpc) is 2.85. The molecule has 1 aromatic heterocycles. The second-order valence-electron chi connectivity index (χ2n) is 8.05. The Balaban J connectivity index is 1.90. The van der Waals surface area contributed by atoms with Gasteiger partial charge in [-0.2, -0.15) is 4.98 Å². The van der Waals surface area contributed by atoms with Crippen LogP contribution in [0.3, 0.4) is 0 Å². The molecule has 0 spiro atoms. The zero-order chi connectivity index (χ0) is 26.5. The first kappa shape index (κ1) is 28.3. The lowest BCUT2D eigenvalue weighted by Gasteiger charge is -2.17. The van der Waals surface area contributed by atoms with Crippen LogP contribution in [0.2, 0.25) is 0 Å². The molecule has 11 nitrogen and oxygen atoms in total. The zero-order valence-corrected chi connectivity index (χ0v) is 21.0. The summed E-state index contributed by atoms with van der Waals surface area (Å²) >= 11 is 0. The van der Waals surface area contributed by atoms with Gasteiger partial charge in [0.05, 0.1) is 18.8 Å². The second kappa shape index (κ2) is 14.5. The number of aromatic amines is 1. The van der Waals surface area contributed by atoms with Gasteiger partial charge in [-0.1, -0.05) is 12.1 Å². The molecule has 1 heterocycles. The van der Waals surface area contributed by atoms with E-state index in [1.807, 2.05) is 12.1 Å². The molecule has 2 rings (SSSR count). The van der Waals surface area contributed by atoms with Crippen molar-refractivity contribution in [3.05, 3.63) is 51.3 Å². The summed E-state index contributed by atoms with van der Waals surface area (Å²) in [5.41, 5.74) is 7.33. The number of aromatic nitrogens is 2. The first-order valence-corrected chi connectivity index (χ1v) is 12.1. The SMILES string of the molecule is CCOC(=O)CCC(NC(=O)c1ccc(CCCCc2c(NC)nc(N)[nH]c2=O)cc1)C(=O)OCC. The number of anilines is 2. The molecule has 0 fully saturated rings. The Morgan fingerprint density at radius 1 is 1.06 bits per heavy atom. The quantitative estimate of drug-likeness (QED) is 0.224. The highest BCUT2D eigenvalue weighted by Crippen LogP contribution is 2.14. The van der Waals surface area contributed by atoms with Gasteiger partial charge in [-0.15, -0.1) is 0 Å². The van der Waals surface area contributed by atoms with Gasteiger partial charge in [-0.3, -0.25) is 19.4 Å². The summed E-state index contributed by atoms with van der Waals surface area (Å²) in [5.74, 6) is -0.911. The van der Waals surface area contributed by atoms with Gasteiger partial charge < -0.3 is 25.8 Å². The van der Waals surface area contributed by atoms with E-state index in [1.165, 1.54) is 0 Å². The van der Waals surface area contributed by atoms with Gasteiger partial charge in [0.25, 0.3) is 11.5 Å². The van der Waals surface area contributed by atoms with Gasteiger partial charge >= 0.3 is 11.9 Å². The smallest absolute Gasteiger partial charge is 0.328 e. The molecule has 1 aromatic carbocycles. The summed E-state index contributed by atoms with van der Waals surface area (Å²) in [5, 5.41) is 5.55. The first-order chi connectivity index (χ1) is 17.3. The van der Waals surface area contributed by atoms with Crippen molar-refractivity contribution in [3.63, 3.8) is 0 Å². The molecular formula is C25H35N5O6. The number of hydrogen-bond donors (Lipinski definition) is 4. The number of nitrogens with zero attached hydrogens (tertiary/aromatic N) is 1. The van der Waals surface area contributed by atoms with E-state index in [4.69, 9.17) is 15.2 Å². The molecule has 1 amide bonds. The monoisotopic (exact) mass is 501 g/mol. The molecule has 0 saturated heterocycles. The summed E-state index contributed by atoms with van der Waals surface area (Å²) in [4.78, 5) is 55.3. The Hall–Kier alpha value is -3.89. The molecule has 1 unspecified atom stereocenters. The fourth-order valence-corrected chi connectivity index (χ4v) is 3.64. The normalized spacial score (nSPS) is 11.4. The van der Waals surface area contributed by atoms with Crippen LogP contribution >= 0.6 is 0 Å². The van der Waals surface area contributed by atoms with Crippen LogP contribution in [0.1, 0.15) is 61.0 Å². The number of nitrogens with one attached hydrogen (secondary N) is 3. The second-order valence-corrected chi connectivity index (χ2v) is 8.05. The van der Waals surface area contributed by atoms with Crippen LogP contribution in [0.15, 0.2) is 29.1 Å². The van der Waals surface area contributed by atoms with Gasteiger partial charge in [0, 0.05) is 19.0 Å². The molecule has 36 heavy (non-hydrogen) atoms. The van der Waals surface area contributed by atoms with Crippen molar-refractivity contribution in [2.24, 2.45) is 0 Å². The number of amides is 1. The number of unbranched alkanes of at least 4 members (excludes halogenated alkanes) is 1. The van der Waals surface area contributed by atoms with Crippen LogP contribution in [0.4, 0.5) is 11.8 Å². The van der Waals surface area contributed by atoms with Crippen molar-refractivity contribution < 1.29 is 23.9 Å². The predicted octanol–water partition coefficient (Wildman–Crippen LogP) is 1.96. The zero-order valence-electron chi connectivity index (χ0n) is 21.0. The van der Waals surface area contributed by atoms with E-state index in [0.29, 0.717) is 23.4 Å². The van der Waals surface area contributed by atoms with Crippen molar-refractivity contribution >= 4 is 29.6 Å². The third-order valence-corrected chi connectivity index (χ3v) is 5.45. The topological polar surface area (TPSA) is 165 Å². The maximum Gasteiger partial charge on any atom is 0.328 e. The molecule has 2 aromatic rings. The third-order valence-electron chi connectivity index (χ3n) is 5.45. The number of nitrogens with two attached hydrogens (primary N) is 1. The molecule has 0 aliphatic rings. The molecule has 1 atom stereocenters. The van der Waals surface area contributed by atoms with Crippen LogP contribution in [-0.4, -0.2) is 54.1 Å². The summed E-state index contributed by atoms with van der Waals surface area (Å²) in [6.07, 6.45) is 3.00. The average molecular weight is 502 g/mol. The Morgan fingerprint density at radius 3 is 2.36 bits per heavy atom. The Labute approximate surface area is 210 Å². The van der Waals surface area contributed by atoms with Crippen molar-refractivity contribution in [3.8, 4) is 0 Å². The highest BCUT2D eigenvalue weighted by molar-refractivity contribution is 5.96. The number of ether oxygens (including phenoxy) is 2. The van der Waals surface area contributed by atoms with E-state index in [1.54, 1.807) is 33.0 Å². The first-order valence-electron chi connectivity index (χ1n) is 12.1. The highest BCUT2D eigenvalue weighted by Gasteiger charge is 2.24. The van der Waals surface area contributed by atoms with E-state index < -0.39 is 23.9 Å². The van der Waals surface area contributed by atoms with Crippen LogP contribution in [-0.2, 0) is 31.9 Å². The number of benzene rings is 1. The molecule has 5 N–H and O–H groups in total. The Kier molecular flexibility index (Phi) is 11.4. The lowest BCUT2D eigenvalue weighted by atomic mass is 10.0. The summed E-state index contributed by atoms with van der Waals surface area (Å²) in [6, 6.07) is 6.13. The number of rotatable bonds is 14. The van der Waals surface area contributed by atoms with E-state index in [9.17, 15) is 19.2 Å². The van der Waals surface area contributed by atoms with Crippen LogP contribution in [0.5, 0.6) is 0 Å². The summed E-state index contributed by atoms with van der Waals surface area (Å²) in [7, 11) is 1.69. The summed E-state index contributed by atoms with van der Waals surface area (Å²) in [6.45, 7) is 3.78. The van der Waals surface area contributed by atoms with Crippen molar-refractivity contribution in [2.45, 2.75) is 58.4 Å². The van der Waals surface area contributed by atoms with Gasteiger partial charge in [-0.05, 0) is 63.6 Å². The van der Waals surface area contributed by atoms with Crippen LogP contribution in [0.25, 0.3) is 0 Å². The Bertz CT molecular complexity index is 1080. The third kappa shape index (κ3) is 8.71. The van der Waals surface area contributed by atoms with Gasteiger partial charge in [-0.25, -0.2) is 4.79 Å². The van der Waals surface area contributed by atoms with Gasteiger partial charge in [0.1, 0.15) is 11.9 Å². The van der Waals surface area contributed by atoms with E-state index in [-0.39, 0.29) is 37.6 Å². The molecule has 0 bridgehead atoms. The van der Waals surface area contributed by atoms with Gasteiger partial charge in [0.15, 0.2) is 0 Å². The number of nitrogen functional groups attached to an aromatic ring is 1. The maximum atomic E-state index is 12.7. The number of carbonyl (C=O) groups excluding carboxylic acids is 3. The standard InChI is InChI=1S/C25H35N5O6/c1-4-35-20(31)15-14-19(24(34)36-5-2)28-22(32)17-12-10-16(11-13-17)8-6-7-9-18-21(27-3)29-25(26)30-23(18)33/h10-13,19H,4-9,14-15H2,1-3H3,(H,28,32)(H4,26,27,29,30,33). The number of aryl methyl sites for hydroxylation is 1.